The Hall–Kier alpha value is -2.65. The van der Waals surface area contributed by atoms with Crippen molar-refractivity contribution < 1.29 is 27.2 Å². The van der Waals surface area contributed by atoms with Crippen LogP contribution in [0.3, 0.4) is 0 Å². The number of piperidine rings is 1. The van der Waals surface area contributed by atoms with Crippen LogP contribution in [0.1, 0.15) is 36.4 Å². The summed E-state index contributed by atoms with van der Waals surface area (Å²) in [6.07, 6.45) is 2.18. The Balaban J connectivity index is 1.71. The first-order chi connectivity index (χ1) is 14.2. The van der Waals surface area contributed by atoms with Crippen LogP contribution in [0.4, 0.5) is 5.69 Å². The summed E-state index contributed by atoms with van der Waals surface area (Å²) in [4.78, 5) is 24.1. The van der Waals surface area contributed by atoms with E-state index >= 15 is 0 Å². The fraction of sp³-hybridized carbons (Fsp3) is 0.429. The van der Waals surface area contributed by atoms with Gasteiger partial charge in [-0.1, -0.05) is 13.8 Å². The summed E-state index contributed by atoms with van der Waals surface area (Å²) in [6, 6.07) is 7.52. The van der Waals surface area contributed by atoms with Gasteiger partial charge in [-0.3, -0.25) is 9.59 Å². The van der Waals surface area contributed by atoms with E-state index in [2.05, 4.69) is 23.9 Å². The van der Waals surface area contributed by atoms with Crippen molar-refractivity contribution in [1.82, 2.24) is 4.31 Å². The number of benzene rings is 1. The van der Waals surface area contributed by atoms with Crippen molar-refractivity contribution >= 4 is 27.6 Å². The molecule has 0 bridgehead atoms. The molecule has 3 rings (SSSR count). The molecule has 162 valence electrons. The highest BCUT2D eigenvalue weighted by atomic mass is 32.2. The van der Waals surface area contributed by atoms with Gasteiger partial charge in [0.05, 0.1) is 23.8 Å². The van der Waals surface area contributed by atoms with Gasteiger partial charge in [0.25, 0.3) is 5.91 Å². The Bertz CT molecular complexity index is 1000. The maximum absolute atomic E-state index is 13.0. The monoisotopic (exact) mass is 434 g/mol. The Morgan fingerprint density at radius 3 is 2.37 bits per heavy atom. The summed E-state index contributed by atoms with van der Waals surface area (Å²) >= 11 is 0. The second-order valence-corrected chi connectivity index (χ2v) is 9.69. The molecular weight excluding hydrogens is 408 g/mol. The van der Waals surface area contributed by atoms with E-state index in [0.29, 0.717) is 30.6 Å². The molecule has 1 aliphatic rings. The largest absolute Gasteiger partial charge is 0.469 e. The highest BCUT2D eigenvalue weighted by Crippen LogP contribution is 2.27. The second-order valence-electron chi connectivity index (χ2n) is 7.76. The van der Waals surface area contributed by atoms with Gasteiger partial charge in [0, 0.05) is 18.8 Å². The summed E-state index contributed by atoms with van der Waals surface area (Å²) < 4.78 is 37.2. The van der Waals surface area contributed by atoms with Gasteiger partial charge in [0.2, 0.25) is 10.0 Å². The number of esters is 1. The molecule has 1 N–H and O–H groups in total. The maximum Gasteiger partial charge on any atom is 0.313 e. The number of nitrogens with one attached hydrogen (secondary N) is 1. The van der Waals surface area contributed by atoms with E-state index in [1.165, 1.54) is 35.9 Å². The molecule has 0 spiro atoms. The molecule has 0 radical (unpaired) electrons. The SMILES string of the molecule is COC(=O)Cc1occc1C(=O)Nc1ccc(S(=O)(=O)N2C[C@@H](C)C[C@H](C)C2)cc1. The minimum Gasteiger partial charge on any atom is -0.469 e. The molecule has 1 aliphatic heterocycles. The van der Waals surface area contributed by atoms with E-state index in [4.69, 9.17) is 4.42 Å². The van der Waals surface area contributed by atoms with Gasteiger partial charge in [0.1, 0.15) is 12.2 Å². The van der Waals surface area contributed by atoms with Gasteiger partial charge in [-0.25, -0.2) is 8.42 Å². The zero-order valence-corrected chi connectivity index (χ0v) is 18.1. The zero-order valence-electron chi connectivity index (χ0n) is 17.3. The number of hydrogen-bond donors (Lipinski definition) is 1. The lowest BCUT2D eigenvalue weighted by Crippen LogP contribution is -2.42. The minimum atomic E-state index is -3.59. The van der Waals surface area contributed by atoms with E-state index in [0.717, 1.165) is 6.42 Å². The summed E-state index contributed by atoms with van der Waals surface area (Å²) in [5.41, 5.74) is 0.651. The standard InChI is InChI=1S/C21H26N2O6S/c1-14-10-15(2)13-23(12-14)30(26,27)17-6-4-16(5-7-17)22-21(25)18-8-9-29-19(18)11-20(24)28-3/h4-9,14-15H,10-13H2,1-3H3,(H,22,25)/t14-,15-/m0/s1. The molecule has 1 amide bonds. The zero-order chi connectivity index (χ0) is 21.9. The highest BCUT2D eigenvalue weighted by molar-refractivity contribution is 7.89. The van der Waals surface area contributed by atoms with Crippen molar-refractivity contribution in [1.29, 1.82) is 0 Å². The number of carbonyl (C=O) groups is 2. The lowest BCUT2D eigenvalue weighted by molar-refractivity contribution is -0.140. The number of methoxy groups -OCH3 is 1. The Morgan fingerprint density at radius 2 is 1.77 bits per heavy atom. The molecule has 1 saturated heterocycles. The van der Waals surface area contributed by atoms with Crippen molar-refractivity contribution in [3.63, 3.8) is 0 Å². The minimum absolute atomic E-state index is 0.157. The lowest BCUT2D eigenvalue weighted by atomic mass is 9.94. The normalized spacial score (nSPS) is 20.0. The molecule has 0 saturated carbocycles. The predicted octanol–water partition coefficient (Wildman–Crippen LogP) is 2.91. The van der Waals surface area contributed by atoms with E-state index in [1.54, 1.807) is 12.1 Å². The van der Waals surface area contributed by atoms with Crippen LogP contribution in [0.25, 0.3) is 0 Å². The van der Waals surface area contributed by atoms with E-state index in [1.807, 2.05) is 0 Å². The molecule has 0 aliphatic carbocycles. The van der Waals surface area contributed by atoms with Crippen LogP contribution < -0.4 is 5.32 Å². The van der Waals surface area contributed by atoms with Crippen molar-refractivity contribution in [3.8, 4) is 0 Å². The second kappa shape index (κ2) is 9.01. The third kappa shape index (κ3) is 4.91. The molecule has 0 unspecified atom stereocenters. The van der Waals surface area contributed by atoms with Crippen LogP contribution in [0.5, 0.6) is 0 Å². The van der Waals surface area contributed by atoms with Crippen molar-refractivity contribution in [2.75, 3.05) is 25.5 Å². The molecule has 1 fully saturated rings. The molecule has 8 nitrogen and oxygen atoms in total. The van der Waals surface area contributed by atoms with Crippen molar-refractivity contribution in [2.24, 2.45) is 11.8 Å². The molecule has 30 heavy (non-hydrogen) atoms. The Labute approximate surface area is 176 Å². The fourth-order valence-electron chi connectivity index (χ4n) is 3.74. The van der Waals surface area contributed by atoms with Crippen molar-refractivity contribution in [3.05, 3.63) is 47.9 Å². The molecule has 1 aromatic carbocycles. The maximum atomic E-state index is 13.0. The van der Waals surface area contributed by atoms with Gasteiger partial charge < -0.3 is 14.5 Å². The van der Waals surface area contributed by atoms with Crippen molar-refractivity contribution in [2.45, 2.75) is 31.6 Å². The first-order valence-electron chi connectivity index (χ1n) is 9.75. The van der Waals surface area contributed by atoms with Crippen LogP contribution >= 0.6 is 0 Å². The number of rotatable bonds is 6. The van der Waals surface area contributed by atoms with Gasteiger partial charge in [0.15, 0.2) is 0 Å². The predicted molar refractivity (Wildman–Crippen MR) is 111 cm³/mol. The van der Waals surface area contributed by atoms with Crippen LogP contribution in [0, 0.1) is 11.8 Å². The summed E-state index contributed by atoms with van der Waals surface area (Å²) in [6.45, 7) is 5.13. The van der Waals surface area contributed by atoms with E-state index in [9.17, 15) is 18.0 Å². The topological polar surface area (TPSA) is 106 Å². The molecule has 2 atom stereocenters. The first-order valence-corrected chi connectivity index (χ1v) is 11.2. The lowest BCUT2D eigenvalue weighted by Gasteiger charge is -2.34. The van der Waals surface area contributed by atoms with Crippen LogP contribution in [-0.4, -0.2) is 44.8 Å². The third-order valence-electron chi connectivity index (χ3n) is 5.11. The number of nitrogens with zero attached hydrogens (tertiary/aromatic N) is 1. The van der Waals surface area contributed by atoms with Crippen LogP contribution in [0.15, 0.2) is 45.9 Å². The number of anilines is 1. The van der Waals surface area contributed by atoms with Crippen LogP contribution in [0.2, 0.25) is 0 Å². The third-order valence-corrected chi connectivity index (χ3v) is 6.95. The quantitative estimate of drug-likeness (QED) is 0.701. The van der Waals surface area contributed by atoms with Crippen LogP contribution in [-0.2, 0) is 26.0 Å². The molecule has 2 aromatic rings. The molecule has 2 heterocycles. The summed E-state index contributed by atoms with van der Waals surface area (Å²) in [5.74, 6) is -0.147. The average Bonchev–Trinajstić information content (AvgIpc) is 3.15. The highest BCUT2D eigenvalue weighted by Gasteiger charge is 2.31. The van der Waals surface area contributed by atoms with Gasteiger partial charge >= 0.3 is 5.97 Å². The summed E-state index contributed by atoms with van der Waals surface area (Å²) in [7, 11) is -2.33. The molecular formula is C21H26N2O6S. The number of amides is 1. The number of carbonyl (C=O) groups excluding carboxylic acids is 2. The first kappa shape index (κ1) is 22.0. The number of ether oxygens (including phenoxy) is 1. The summed E-state index contributed by atoms with van der Waals surface area (Å²) in [5, 5.41) is 2.69. The fourth-order valence-corrected chi connectivity index (χ4v) is 5.42. The van der Waals surface area contributed by atoms with E-state index < -0.39 is 21.9 Å². The average molecular weight is 435 g/mol. The smallest absolute Gasteiger partial charge is 0.313 e. The Morgan fingerprint density at radius 1 is 1.13 bits per heavy atom. The van der Waals surface area contributed by atoms with Gasteiger partial charge in [-0.2, -0.15) is 4.31 Å². The van der Waals surface area contributed by atoms with Gasteiger partial charge in [-0.15, -0.1) is 0 Å². The number of furan rings is 1. The molecule has 9 heteroatoms. The number of hydrogen-bond acceptors (Lipinski definition) is 6. The number of sulfonamides is 1. The molecule has 1 aromatic heterocycles. The Kier molecular flexibility index (Phi) is 6.62. The van der Waals surface area contributed by atoms with Gasteiger partial charge in [-0.05, 0) is 48.6 Å². The van der Waals surface area contributed by atoms with E-state index in [-0.39, 0.29) is 22.6 Å².